The Morgan fingerprint density at radius 2 is 1.03 bits per heavy atom. The van der Waals surface area contributed by atoms with Gasteiger partial charge in [0.25, 0.3) is 0 Å². The van der Waals surface area contributed by atoms with E-state index >= 15 is 0 Å². The summed E-state index contributed by atoms with van der Waals surface area (Å²) < 4.78 is 199. The molecule has 0 N–H and O–H groups in total. The maximum Gasteiger partial charge on any atom is 0.395 e. The lowest BCUT2D eigenvalue weighted by Gasteiger charge is -2.41. The SMILES string of the molecule is C=C(C)C(=O)OCCC(F)(F)C(F)(F)C(F)(F)C(F)(F)C(F)(F)C(F)(F)CC(F)(F)F. The van der Waals surface area contributed by atoms with Crippen molar-refractivity contribution >= 4 is 5.97 Å². The second-order valence-electron chi connectivity index (χ2n) is 6.16. The van der Waals surface area contributed by atoms with Crippen molar-refractivity contribution in [2.75, 3.05) is 6.61 Å². The Morgan fingerprint density at radius 1 is 0.677 bits per heavy atom. The molecule has 0 heterocycles. The van der Waals surface area contributed by atoms with Crippen LogP contribution >= 0.6 is 0 Å². The standard InChI is InChI=1S/C14H11F15O2/c1-6(2)7(30)31-4-3-8(15,16)11(22,23)13(26,27)14(28,29)12(24,25)9(17,18)5-10(19,20)21/h1,3-5H2,2H3. The van der Waals surface area contributed by atoms with Crippen molar-refractivity contribution in [2.24, 2.45) is 0 Å². The molecule has 0 rings (SSSR count). The van der Waals surface area contributed by atoms with Gasteiger partial charge in [0.05, 0.1) is 13.0 Å². The van der Waals surface area contributed by atoms with E-state index in [4.69, 9.17) is 0 Å². The van der Waals surface area contributed by atoms with E-state index in [2.05, 4.69) is 11.3 Å². The Bertz CT molecular complexity index is 678. The molecular formula is C14H11F15O2. The summed E-state index contributed by atoms with van der Waals surface area (Å²) in [5.74, 6) is -46.5. The van der Waals surface area contributed by atoms with E-state index < -0.39 is 72.7 Å². The van der Waals surface area contributed by atoms with Gasteiger partial charge in [-0.15, -0.1) is 0 Å². The largest absolute Gasteiger partial charge is 0.462 e. The zero-order valence-corrected chi connectivity index (χ0v) is 14.8. The molecule has 0 aliphatic rings. The molecule has 0 saturated carbocycles. The average molecular weight is 496 g/mol. The fraction of sp³-hybridized carbons (Fsp3) is 0.786. The summed E-state index contributed by atoms with van der Waals surface area (Å²) in [6.07, 6.45) is -13.2. The lowest BCUT2D eigenvalue weighted by molar-refractivity contribution is -0.429. The van der Waals surface area contributed by atoms with Crippen molar-refractivity contribution in [3.8, 4) is 0 Å². The molecule has 0 aromatic carbocycles. The van der Waals surface area contributed by atoms with Gasteiger partial charge in [0.2, 0.25) is 0 Å². The first-order chi connectivity index (χ1) is 13.3. The molecule has 0 atom stereocenters. The third-order valence-corrected chi connectivity index (χ3v) is 3.52. The highest BCUT2D eigenvalue weighted by atomic mass is 19.4. The van der Waals surface area contributed by atoms with Gasteiger partial charge >= 0.3 is 47.7 Å². The van der Waals surface area contributed by atoms with Crippen molar-refractivity contribution in [3.63, 3.8) is 0 Å². The first kappa shape index (κ1) is 29.2. The number of ether oxygens (including phenoxy) is 1. The monoisotopic (exact) mass is 496 g/mol. The number of hydrogen-bond donors (Lipinski definition) is 0. The van der Waals surface area contributed by atoms with Gasteiger partial charge in [0.15, 0.2) is 0 Å². The summed E-state index contributed by atoms with van der Waals surface area (Å²) in [7, 11) is 0. The van der Waals surface area contributed by atoms with Crippen LogP contribution < -0.4 is 0 Å². The Kier molecular flexibility index (Phi) is 7.77. The minimum atomic E-state index is -8.10. The summed E-state index contributed by atoms with van der Waals surface area (Å²) in [4.78, 5) is 10.9. The van der Waals surface area contributed by atoms with E-state index in [1.54, 1.807) is 0 Å². The zero-order chi connectivity index (χ0) is 25.5. The Morgan fingerprint density at radius 3 is 1.35 bits per heavy atom. The van der Waals surface area contributed by atoms with Crippen molar-refractivity contribution in [2.45, 2.75) is 61.5 Å². The highest BCUT2D eigenvalue weighted by Crippen LogP contribution is 2.61. The summed E-state index contributed by atoms with van der Waals surface area (Å²) in [6, 6.07) is 0. The van der Waals surface area contributed by atoms with E-state index in [1.807, 2.05) is 0 Å². The van der Waals surface area contributed by atoms with Gasteiger partial charge < -0.3 is 4.74 Å². The third-order valence-electron chi connectivity index (χ3n) is 3.52. The van der Waals surface area contributed by atoms with E-state index in [9.17, 15) is 70.7 Å². The van der Waals surface area contributed by atoms with Gasteiger partial charge in [0.1, 0.15) is 6.42 Å². The number of alkyl halides is 15. The van der Waals surface area contributed by atoms with Crippen molar-refractivity contribution in [1.29, 1.82) is 0 Å². The molecular weight excluding hydrogens is 485 g/mol. The van der Waals surface area contributed by atoms with Gasteiger partial charge in [-0.05, 0) is 6.92 Å². The van der Waals surface area contributed by atoms with Gasteiger partial charge in [-0.2, -0.15) is 65.9 Å². The van der Waals surface area contributed by atoms with Crippen molar-refractivity contribution < 1.29 is 75.4 Å². The molecule has 0 fully saturated rings. The number of carbonyl (C=O) groups is 1. The predicted molar refractivity (Wildman–Crippen MR) is 70.7 cm³/mol. The normalized spacial score (nSPS) is 15.1. The van der Waals surface area contributed by atoms with Crippen molar-refractivity contribution in [3.05, 3.63) is 12.2 Å². The maximum atomic E-state index is 13.5. The number of rotatable bonds is 10. The molecule has 2 nitrogen and oxygen atoms in total. The smallest absolute Gasteiger partial charge is 0.395 e. The maximum absolute atomic E-state index is 13.5. The minimum Gasteiger partial charge on any atom is -0.462 e. The molecule has 0 amide bonds. The third kappa shape index (κ3) is 5.32. The Hall–Kier alpha value is -1.84. The van der Waals surface area contributed by atoms with Crippen LogP contribution in [0.5, 0.6) is 0 Å². The highest BCUT2D eigenvalue weighted by molar-refractivity contribution is 5.86. The molecule has 0 aromatic heterocycles. The fourth-order valence-corrected chi connectivity index (χ4v) is 1.77. The highest BCUT2D eigenvalue weighted by Gasteiger charge is 2.90. The van der Waals surface area contributed by atoms with Crippen LogP contribution in [0.15, 0.2) is 12.2 Å². The summed E-state index contributed by atoms with van der Waals surface area (Å²) in [5, 5.41) is 0. The molecule has 184 valence electrons. The van der Waals surface area contributed by atoms with Crippen LogP contribution in [0.2, 0.25) is 0 Å². The lowest BCUT2D eigenvalue weighted by atomic mass is 9.89. The molecule has 0 aliphatic carbocycles. The molecule has 0 aliphatic heterocycles. The number of carbonyl (C=O) groups excluding carboxylic acids is 1. The number of hydrogen-bond acceptors (Lipinski definition) is 2. The molecule has 0 unspecified atom stereocenters. The molecule has 0 aromatic rings. The number of esters is 1. The lowest BCUT2D eigenvalue weighted by Crippen LogP contribution is -2.71. The molecule has 17 heteroatoms. The second kappa shape index (κ2) is 8.26. The van der Waals surface area contributed by atoms with E-state index in [1.165, 1.54) is 0 Å². The zero-order valence-electron chi connectivity index (χ0n) is 14.8. The van der Waals surface area contributed by atoms with Crippen LogP contribution in [0.25, 0.3) is 0 Å². The predicted octanol–water partition coefficient (Wildman–Crippen LogP) is 6.26. The first-order valence-corrected chi connectivity index (χ1v) is 7.45. The van der Waals surface area contributed by atoms with E-state index in [0.29, 0.717) is 0 Å². The molecule has 0 saturated heterocycles. The van der Waals surface area contributed by atoms with Crippen LogP contribution in [0, 0.1) is 0 Å². The molecule has 0 bridgehead atoms. The Labute approximate surface area is 163 Å². The molecule has 31 heavy (non-hydrogen) atoms. The van der Waals surface area contributed by atoms with Crippen LogP contribution in [-0.4, -0.2) is 54.3 Å². The van der Waals surface area contributed by atoms with Crippen LogP contribution in [0.4, 0.5) is 65.9 Å². The van der Waals surface area contributed by atoms with Crippen LogP contribution in [0.3, 0.4) is 0 Å². The van der Waals surface area contributed by atoms with Crippen LogP contribution in [0.1, 0.15) is 19.8 Å². The molecule has 0 spiro atoms. The van der Waals surface area contributed by atoms with Gasteiger partial charge in [-0.1, -0.05) is 6.58 Å². The van der Waals surface area contributed by atoms with Crippen molar-refractivity contribution in [1.82, 2.24) is 0 Å². The summed E-state index contributed by atoms with van der Waals surface area (Å²) in [5.41, 5.74) is -0.515. The van der Waals surface area contributed by atoms with Gasteiger partial charge in [-0.3, -0.25) is 0 Å². The quantitative estimate of drug-likeness (QED) is 0.203. The van der Waals surface area contributed by atoms with Gasteiger partial charge in [-0.25, -0.2) is 4.79 Å². The number of halogens is 15. The minimum absolute atomic E-state index is 0.515. The summed E-state index contributed by atoms with van der Waals surface area (Å²) >= 11 is 0. The van der Waals surface area contributed by atoms with E-state index in [-0.39, 0.29) is 0 Å². The summed E-state index contributed by atoms with van der Waals surface area (Å²) in [6.45, 7) is 1.95. The average Bonchev–Trinajstić information content (AvgIpc) is 2.51. The topological polar surface area (TPSA) is 26.3 Å². The van der Waals surface area contributed by atoms with E-state index in [0.717, 1.165) is 6.92 Å². The fourth-order valence-electron chi connectivity index (χ4n) is 1.77. The van der Waals surface area contributed by atoms with Gasteiger partial charge in [0, 0.05) is 5.57 Å². The second-order valence-corrected chi connectivity index (χ2v) is 6.16. The molecule has 0 radical (unpaired) electrons. The first-order valence-electron chi connectivity index (χ1n) is 7.45. The Balaban J connectivity index is 6.05. The van der Waals surface area contributed by atoms with Crippen LogP contribution in [-0.2, 0) is 9.53 Å².